The average Bonchev–Trinajstić information content (AvgIpc) is 3.02. The summed E-state index contributed by atoms with van der Waals surface area (Å²) in [5, 5.41) is 10.0. The van der Waals surface area contributed by atoms with Crippen LogP contribution in [-0.2, 0) is 13.0 Å². The van der Waals surface area contributed by atoms with Gasteiger partial charge < -0.3 is 10.6 Å². The number of rotatable bonds is 7. The van der Waals surface area contributed by atoms with E-state index in [1.807, 2.05) is 0 Å². The number of nitrogens with one attached hydrogen (secondary N) is 2. The largest absolute Gasteiger partial charge is 0.357 e. The van der Waals surface area contributed by atoms with E-state index in [2.05, 4.69) is 45.9 Å². The summed E-state index contributed by atoms with van der Waals surface area (Å²) in [6, 6.07) is 0. The minimum absolute atomic E-state index is 0.647. The summed E-state index contributed by atoms with van der Waals surface area (Å²) in [5.74, 6) is 0.893. The van der Waals surface area contributed by atoms with E-state index >= 15 is 0 Å². The zero-order valence-electron chi connectivity index (χ0n) is 13.8. The Labute approximate surface area is 138 Å². The molecule has 2 rings (SSSR count). The lowest BCUT2D eigenvalue weighted by molar-refractivity contribution is 0.665. The maximum atomic E-state index is 4.63. The number of aliphatic imine (C=N–C) groups is 1. The fourth-order valence-electron chi connectivity index (χ4n) is 2.56. The molecule has 0 fully saturated rings. The molecule has 1 heterocycles. The third kappa shape index (κ3) is 5.79. The quantitative estimate of drug-likeness (QED) is 0.458. The van der Waals surface area contributed by atoms with Crippen LogP contribution in [-0.4, -0.2) is 24.0 Å². The Morgan fingerprint density at radius 3 is 2.91 bits per heavy atom. The van der Waals surface area contributed by atoms with E-state index in [4.69, 9.17) is 0 Å². The van der Waals surface area contributed by atoms with Gasteiger partial charge in [-0.2, -0.15) is 0 Å². The number of hydrogen-bond acceptors (Lipinski definition) is 3. The predicted molar refractivity (Wildman–Crippen MR) is 95.5 cm³/mol. The Bertz CT molecular complexity index is 505. The Morgan fingerprint density at radius 1 is 1.32 bits per heavy atom. The third-order valence-electron chi connectivity index (χ3n) is 3.77. The summed E-state index contributed by atoms with van der Waals surface area (Å²) in [4.78, 5) is 9.19. The van der Waals surface area contributed by atoms with Gasteiger partial charge in [0.2, 0.25) is 0 Å². The molecule has 1 aliphatic carbocycles. The molecule has 0 aliphatic heterocycles. The molecule has 0 unspecified atom stereocenters. The molecule has 0 atom stereocenters. The molecule has 122 valence electrons. The van der Waals surface area contributed by atoms with Crippen molar-refractivity contribution in [2.75, 3.05) is 13.1 Å². The molecule has 2 N–H and O–H groups in total. The Morgan fingerprint density at radius 2 is 2.23 bits per heavy atom. The van der Waals surface area contributed by atoms with E-state index in [9.17, 15) is 0 Å². The number of aryl methyl sites for hydroxylation is 1. The van der Waals surface area contributed by atoms with Crippen LogP contribution in [0.3, 0.4) is 0 Å². The molecule has 0 bridgehead atoms. The minimum atomic E-state index is 0.647. The third-order valence-corrected chi connectivity index (χ3v) is 4.81. The van der Waals surface area contributed by atoms with Gasteiger partial charge in [0.15, 0.2) is 5.96 Å². The highest BCUT2D eigenvalue weighted by Crippen LogP contribution is 2.19. The maximum absolute atomic E-state index is 4.63. The fourth-order valence-corrected chi connectivity index (χ4v) is 3.29. The zero-order valence-corrected chi connectivity index (χ0v) is 14.6. The van der Waals surface area contributed by atoms with Crippen LogP contribution in [0.4, 0.5) is 0 Å². The van der Waals surface area contributed by atoms with Crippen molar-refractivity contribution in [2.45, 2.75) is 58.9 Å². The molecule has 0 radical (unpaired) electrons. The first-order chi connectivity index (χ1) is 10.8. The number of allylic oxidation sites excluding steroid dienone is 1. The van der Waals surface area contributed by atoms with Crippen LogP contribution in [0, 0.1) is 0 Å². The molecular weight excluding hydrogens is 292 g/mol. The Kier molecular flexibility index (Phi) is 7.43. The second-order valence-electron chi connectivity index (χ2n) is 5.57. The van der Waals surface area contributed by atoms with Crippen LogP contribution in [0.5, 0.6) is 0 Å². The van der Waals surface area contributed by atoms with E-state index in [1.54, 1.807) is 16.9 Å². The lowest BCUT2D eigenvalue weighted by Crippen LogP contribution is -2.37. The van der Waals surface area contributed by atoms with Crippen molar-refractivity contribution in [3.8, 4) is 0 Å². The normalized spacial score (nSPS) is 15.5. The lowest BCUT2D eigenvalue weighted by atomic mass is 9.97. The highest BCUT2D eigenvalue weighted by Gasteiger charge is 2.04. The molecule has 0 amide bonds. The molecule has 4 nitrogen and oxygen atoms in total. The van der Waals surface area contributed by atoms with Gasteiger partial charge in [-0.05, 0) is 45.4 Å². The van der Waals surface area contributed by atoms with Crippen LogP contribution >= 0.6 is 11.3 Å². The maximum Gasteiger partial charge on any atom is 0.191 e. The van der Waals surface area contributed by atoms with E-state index in [0.717, 1.165) is 37.6 Å². The van der Waals surface area contributed by atoms with Gasteiger partial charge in [-0.15, -0.1) is 11.3 Å². The predicted octanol–water partition coefficient (Wildman–Crippen LogP) is 3.65. The lowest BCUT2D eigenvalue weighted by Gasteiger charge is -2.15. The smallest absolute Gasteiger partial charge is 0.191 e. The summed E-state index contributed by atoms with van der Waals surface area (Å²) in [6.07, 6.45) is 9.78. The monoisotopic (exact) mass is 320 g/mol. The first-order valence-corrected chi connectivity index (χ1v) is 9.33. The first kappa shape index (κ1) is 17.0. The second-order valence-corrected chi connectivity index (χ2v) is 6.51. The van der Waals surface area contributed by atoms with Crippen molar-refractivity contribution in [3.05, 3.63) is 27.7 Å². The van der Waals surface area contributed by atoms with E-state index in [-0.39, 0.29) is 0 Å². The van der Waals surface area contributed by atoms with Gasteiger partial charge in [-0.3, -0.25) is 0 Å². The number of aromatic nitrogens is 1. The summed E-state index contributed by atoms with van der Waals surface area (Å²) in [5.41, 5.74) is 2.66. The molecule has 0 saturated heterocycles. The van der Waals surface area contributed by atoms with Gasteiger partial charge in [0.1, 0.15) is 0 Å². The van der Waals surface area contributed by atoms with Crippen LogP contribution in [0.2, 0.25) is 0 Å². The van der Waals surface area contributed by atoms with E-state index in [0.29, 0.717) is 6.54 Å². The summed E-state index contributed by atoms with van der Waals surface area (Å²) in [7, 11) is 0. The fraction of sp³-hybridized carbons (Fsp3) is 0.647. The van der Waals surface area contributed by atoms with Crippen molar-refractivity contribution in [1.29, 1.82) is 0 Å². The highest BCUT2D eigenvalue weighted by atomic mass is 32.1. The Balaban J connectivity index is 1.80. The summed E-state index contributed by atoms with van der Waals surface area (Å²) in [6.45, 7) is 6.71. The first-order valence-electron chi connectivity index (χ1n) is 8.45. The van der Waals surface area contributed by atoms with Crippen molar-refractivity contribution in [3.63, 3.8) is 0 Å². The number of nitrogens with zero attached hydrogens (tertiary/aromatic N) is 2. The second kappa shape index (κ2) is 9.62. The molecule has 1 aromatic heterocycles. The van der Waals surface area contributed by atoms with Crippen molar-refractivity contribution >= 4 is 17.3 Å². The molecule has 0 spiro atoms. The number of hydrogen-bond donors (Lipinski definition) is 2. The summed E-state index contributed by atoms with van der Waals surface area (Å²) < 4.78 is 0. The van der Waals surface area contributed by atoms with Crippen LogP contribution < -0.4 is 10.6 Å². The van der Waals surface area contributed by atoms with Crippen molar-refractivity contribution < 1.29 is 0 Å². The molecule has 1 aromatic rings. The molecule has 0 saturated carbocycles. The molecule has 22 heavy (non-hydrogen) atoms. The van der Waals surface area contributed by atoms with Gasteiger partial charge in [0, 0.05) is 18.5 Å². The molecule has 1 aliphatic rings. The van der Waals surface area contributed by atoms with Gasteiger partial charge in [0.05, 0.1) is 17.2 Å². The van der Waals surface area contributed by atoms with E-state index in [1.165, 1.54) is 30.7 Å². The molecule has 5 heteroatoms. The van der Waals surface area contributed by atoms with Gasteiger partial charge in [0.25, 0.3) is 0 Å². The number of thiazole rings is 1. The number of guanidine groups is 1. The van der Waals surface area contributed by atoms with Crippen molar-refractivity contribution in [2.24, 2.45) is 4.99 Å². The minimum Gasteiger partial charge on any atom is -0.357 e. The topological polar surface area (TPSA) is 49.3 Å². The summed E-state index contributed by atoms with van der Waals surface area (Å²) >= 11 is 1.72. The van der Waals surface area contributed by atoms with Gasteiger partial charge >= 0.3 is 0 Å². The van der Waals surface area contributed by atoms with Gasteiger partial charge in [-0.25, -0.2) is 9.98 Å². The Hall–Kier alpha value is -1.36. The highest BCUT2D eigenvalue weighted by molar-refractivity contribution is 7.09. The van der Waals surface area contributed by atoms with Gasteiger partial charge in [-0.1, -0.05) is 18.6 Å². The standard InChI is InChI=1S/C17H28N4S/c1-3-16-21-15(13-22-16)12-20-17(18-4-2)19-11-10-14-8-6-5-7-9-14/h8,13H,3-7,9-12H2,1-2H3,(H2,18,19,20). The van der Waals surface area contributed by atoms with Crippen LogP contribution in [0.15, 0.2) is 22.0 Å². The zero-order chi connectivity index (χ0) is 15.6. The van der Waals surface area contributed by atoms with Crippen molar-refractivity contribution in [1.82, 2.24) is 15.6 Å². The molecular formula is C17H28N4S. The average molecular weight is 321 g/mol. The van der Waals surface area contributed by atoms with E-state index < -0.39 is 0 Å². The van der Waals surface area contributed by atoms with Crippen LogP contribution in [0.1, 0.15) is 56.7 Å². The molecule has 0 aromatic carbocycles. The SMILES string of the molecule is CCNC(=NCc1csc(CC)n1)NCCC1=CCCCC1. The van der Waals surface area contributed by atoms with Crippen LogP contribution in [0.25, 0.3) is 0 Å².